The van der Waals surface area contributed by atoms with Gasteiger partial charge in [0.05, 0.1) is 19.6 Å². The van der Waals surface area contributed by atoms with Gasteiger partial charge in [-0.2, -0.15) is 13.2 Å². The van der Waals surface area contributed by atoms with Gasteiger partial charge in [0.15, 0.2) is 6.10 Å². The van der Waals surface area contributed by atoms with Crippen LogP contribution in [0.3, 0.4) is 0 Å². The molecule has 6 nitrogen and oxygen atoms in total. The molecule has 0 aliphatic carbocycles. The number of carbonyl (C=O) groups excluding carboxylic acids is 1. The number of halogens is 3. The minimum Gasteiger partial charge on any atom is -0.365 e. The molecule has 116 valence electrons. The summed E-state index contributed by atoms with van der Waals surface area (Å²) < 4.78 is 42.4. The number of aryl methyl sites for hydroxylation is 1. The lowest BCUT2D eigenvalue weighted by Crippen LogP contribution is -2.51. The predicted molar refractivity (Wildman–Crippen MR) is 65.7 cm³/mol. The standard InChI is InChI=1S/C12H14F3N3O3/c1-7-16-5-8(11(20)17-7)4-10(19)18-2-3-21-9(6-18)12(13,14)15/h5,9H,2-4,6H2,1H3,(H,16,17,20)/t9-/m0/s1. The Hall–Kier alpha value is -1.90. The molecule has 0 aromatic carbocycles. The molecule has 0 saturated carbocycles. The number of nitrogens with zero attached hydrogens (tertiary/aromatic N) is 2. The molecule has 1 aromatic rings. The van der Waals surface area contributed by atoms with Crippen LogP contribution in [-0.4, -0.2) is 52.8 Å². The van der Waals surface area contributed by atoms with Crippen molar-refractivity contribution in [3.63, 3.8) is 0 Å². The number of rotatable bonds is 2. The highest BCUT2D eigenvalue weighted by molar-refractivity contribution is 5.78. The first kappa shape index (κ1) is 15.5. The van der Waals surface area contributed by atoms with Gasteiger partial charge in [-0.15, -0.1) is 0 Å². The first-order valence-electron chi connectivity index (χ1n) is 6.28. The molecular formula is C12H14F3N3O3. The average Bonchev–Trinajstić information content (AvgIpc) is 2.41. The van der Waals surface area contributed by atoms with E-state index >= 15 is 0 Å². The number of amides is 1. The lowest BCUT2D eigenvalue weighted by atomic mass is 10.2. The van der Waals surface area contributed by atoms with Gasteiger partial charge in [0.1, 0.15) is 5.82 Å². The van der Waals surface area contributed by atoms with Crippen LogP contribution in [0.15, 0.2) is 11.0 Å². The molecule has 1 aliphatic heterocycles. The summed E-state index contributed by atoms with van der Waals surface area (Å²) >= 11 is 0. The molecule has 0 spiro atoms. The number of nitrogens with one attached hydrogen (secondary N) is 1. The Morgan fingerprint density at radius 3 is 2.90 bits per heavy atom. The number of carbonyl (C=O) groups is 1. The number of hydrogen-bond donors (Lipinski definition) is 1. The monoisotopic (exact) mass is 305 g/mol. The van der Waals surface area contributed by atoms with Crippen molar-refractivity contribution >= 4 is 5.91 Å². The molecule has 1 N–H and O–H groups in total. The van der Waals surface area contributed by atoms with Gasteiger partial charge in [0.25, 0.3) is 5.56 Å². The zero-order valence-corrected chi connectivity index (χ0v) is 11.2. The van der Waals surface area contributed by atoms with Crippen molar-refractivity contribution < 1.29 is 22.7 Å². The van der Waals surface area contributed by atoms with Crippen LogP contribution in [0.4, 0.5) is 13.2 Å². The van der Waals surface area contributed by atoms with Gasteiger partial charge in [-0.1, -0.05) is 0 Å². The Kier molecular flexibility index (Phi) is 4.31. The smallest absolute Gasteiger partial charge is 0.365 e. The third kappa shape index (κ3) is 3.81. The largest absolute Gasteiger partial charge is 0.416 e. The van der Waals surface area contributed by atoms with Crippen molar-refractivity contribution in [3.8, 4) is 0 Å². The van der Waals surface area contributed by atoms with E-state index in [0.29, 0.717) is 5.82 Å². The second-order valence-electron chi connectivity index (χ2n) is 4.74. The van der Waals surface area contributed by atoms with Gasteiger partial charge in [-0.05, 0) is 6.92 Å². The highest BCUT2D eigenvalue weighted by Gasteiger charge is 2.44. The molecule has 2 rings (SSSR count). The summed E-state index contributed by atoms with van der Waals surface area (Å²) in [6.07, 6.45) is -5.52. The molecule has 1 fully saturated rings. The van der Waals surface area contributed by atoms with E-state index in [1.54, 1.807) is 6.92 Å². The van der Waals surface area contributed by atoms with Crippen LogP contribution in [-0.2, 0) is 16.0 Å². The Balaban J connectivity index is 2.04. The molecule has 1 atom stereocenters. The minimum absolute atomic E-state index is 0.0720. The van der Waals surface area contributed by atoms with Crippen LogP contribution in [0, 0.1) is 6.92 Å². The molecule has 0 bridgehead atoms. The van der Waals surface area contributed by atoms with E-state index in [9.17, 15) is 22.8 Å². The molecule has 9 heteroatoms. The quantitative estimate of drug-likeness (QED) is 0.859. The molecule has 1 aromatic heterocycles. The number of morpholine rings is 1. The van der Waals surface area contributed by atoms with Crippen molar-refractivity contribution in [2.24, 2.45) is 0 Å². The molecule has 0 unspecified atom stereocenters. The van der Waals surface area contributed by atoms with Crippen LogP contribution in [0.5, 0.6) is 0 Å². The lowest BCUT2D eigenvalue weighted by molar-refractivity contribution is -0.236. The molecular weight excluding hydrogens is 291 g/mol. The van der Waals surface area contributed by atoms with Crippen LogP contribution in [0.1, 0.15) is 11.4 Å². The van der Waals surface area contributed by atoms with Crippen LogP contribution in [0.25, 0.3) is 0 Å². The van der Waals surface area contributed by atoms with E-state index in [4.69, 9.17) is 0 Å². The molecule has 1 saturated heterocycles. The highest BCUT2D eigenvalue weighted by atomic mass is 19.4. The fraction of sp³-hybridized carbons (Fsp3) is 0.583. The van der Waals surface area contributed by atoms with Gasteiger partial charge in [0.2, 0.25) is 5.91 Å². The first-order valence-corrected chi connectivity index (χ1v) is 6.28. The van der Waals surface area contributed by atoms with Crippen molar-refractivity contribution in [3.05, 3.63) is 27.9 Å². The fourth-order valence-corrected chi connectivity index (χ4v) is 1.98. The zero-order chi connectivity index (χ0) is 15.6. The molecule has 0 radical (unpaired) electrons. The number of hydrogen-bond acceptors (Lipinski definition) is 4. The molecule has 21 heavy (non-hydrogen) atoms. The summed E-state index contributed by atoms with van der Waals surface area (Å²) in [5, 5.41) is 0. The van der Waals surface area contributed by atoms with E-state index < -0.39 is 30.3 Å². The summed E-state index contributed by atoms with van der Waals surface area (Å²) in [6, 6.07) is 0. The molecule has 1 amide bonds. The predicted octanol–water partition coefficient (Wildman–Crippen LogP) is 0.411. The summed E-state index contributed by atoms with van der Waals surface area (Å²) in [7, 11) is 0. The summed E-state index contributed by atoms with van der Waals surface area (Å²) in [4.78, 5) is 31.0. The maximum absolute atomic E-state index is 12.6. The maximum Gasteiger partial charge on any atom is 0.416 e. The molecule has 2 heterocycles. The third-order valence-corrected chi connectivity index (χ3v) is 3.13. The Bertz CT molecular complexity index is 585. The van der Waals surface area contributed by atoms with Crippen molar-refractivity contribution in [2.75, 3.05) is 19.7 Å². The second-order valence-corrected chi connectivity index (χ2v) is 4.74. The molecule has 1 aliphatic rings. The number of ether oxygens (including phenoxy) is 1. The van der Waals surface area contributed by atoms with Crippen molar-refractivity contribution in [1.29, 1.82) is 0 Å². The lowest BCUT2D eigenvalue weighted by Gasteiger charge is -2.33. The number of aromatic nitrogens is 2. The van der Waals surface area contributed by atoms with Crippen LogP contribution >= 0.6 is 0 Å². The van der Waals surface area contributed by atoms with E-state index in [1.165, 1.54) is 6.20 Å². The van der Waals surface area contributed by atoms with Gasteiger partial charge < -0.3 is 14.6 Å². The Morgan fingerprint density at radius 1 is 1.57 bits per heavy atom. The van der Waals surface area contributed by atoms with Crippen LogP contribution < -0.4 is 5.56 Å². The van der Waals surface area contributed by atoms with Gasteiger partial charge in [-0.3, -0.25) is 9.59 Å². The van der Waals surface area contributed by atoms with Crippen LogP contribution in [0.2, 0.25) is 0 Å². The summed E-state index contributed by atoms with van der Waals surface area (Å²) in [6.45, 7) is 0.920. The third-order valence-electron chi connectivity index (χ3n) is 3.13. The fourth-order valence-electron chi connectivity index (χ4n) is 1.98. The summed E-state index contributed by atoms with van der Waals surface area (Å²) in [5.74, 6) is -0.150. The normalized spacial score (nSPS) is 19.6. The van der Waals surface area contributed by atoms with E-state index in [0.717, 1.165) is 4.90 Å². The van der Waals surface area contributed by atoms with Crippen molar-refractivity contribution in [2.45, 2.75) is 25.6 Å². The second kappa shape index (κ2) is 5.84. The van der Waals surface area contributed by atoms with Gasteiger partial charge in [-0.25, -0.2) is 4.98 Å². The minimum atomic E-state index is -4.51. The maximum atomic E-state index is 12.6. The highest BCUT2D eigenvalue weighted by Crippen LogP contribution is 2.25. The van der Waals surface area contributed by atoms with E-state index in [2.05, 4.69) is 14.7 Å². The average molecular weight is 305 g/mol. The van der Waals surface area contributed by atoms with E-state index in [-0.39, 0.29) is 25.1 Å². The summed E-state index contributed by atoms with van der Waals surface area (Å²) in [5.41, 5.74) is -0.336. The van der Waals surface area contributed by atoms with Crippen molar-refractivity contribution in [1.82, 2.24) is 14.9 Å². The Morgan fingerprint density at radius 2 is 2.29 bits per heavy atom. The number of H-pyrrole nitrogens is 1. The number of alkyl halides is 3. The topological polar surface area (TPSA) is 75.3 Å². The SMILES string of the molecule is Cc1ncc(CC(=O)N2CCO[C@H](C(F)(F)F)C2)c(=O)[nH]1. The van der Waals surface area contributed by atoms with E-state index in [1.807, 2.05) is 0 Å². The Labute approximate surface area is 117 Å². The first-order chi connectivity index (χ1) is 9.77. The van der Waals surface area contributed by atoms with Gasteiger partial charge >= 0.3 is 6.18 Å². The zero-order valence-electron chi connectivity index (χ0n) is 11.2. The number of aromatic amines is 1. The van der Waals surface area contributed by atoms with Gasteiger partial charge in [0, 0.05) is 18.3 Å².